The molecule has 0 aliphatic carbocycles. The van der Waals surface area contributed by atoms with Crippen LogP contribution in [-0.4, -0.2) is 19.0 Å². The molecule has 0 aromatic rings. The van der Waals surface area contributed by atoms with Gasteiger partial charge in [0.15, 0.2) is 0 Å². The minimum Gasteiger partial charge on any atom is -0.371 e. The van der Waals surface area contributed by atoms with Crippen LogP contribution in [0.5, 0.6) is 0 Å². The number of hydrogen-bond acceptors (Lipinski definition) is 2. The molecular formula is C36H72O2. The maximum absolute atomic E-state index is 10.8. The Morgan fingerprint density at radius 1 is 0.395 bits per heavy atom. The lowest BCUT2D eigenvalue weighted by Crippen LogP contribution is -2.14. The molecule has 0 bridgehead atoms. The number of ether oxygens (including phenoxy) is 1. The van der Waals surface area contributed by atoms with E-state index in [4.69, 9.17) is 4.74 Å². The largest absolute Gasteiger partial charge is 0.371 e. The monoisotopic (exact) mass is 537 g/mol. The minimum absolute atomic E-state index is 0.280. The molecule has 0 aromatic heterocycles. The Hall–Kier alpha value is -0.370. The molecule has 0 aromatic carbocycles. The molecule has 228 valence electrons. The van der Waals surface area contributed by atoms with E-state index in [-0.39, 0.29) is 6.61 Å². The Bertz CT molecular complexity index is 422. The molecule has 0 saturated carbocycles. The highest BCUT2D eigenvalue weighted by Gasteiger charge is 2.09. The summed E-state index contributed by atoms with van der Waals surface area (Å²) in [5, 5.41) is 0. The maximum atomic E-state index is 10.8. The van der Waals surface area contributed by atoms with E-state index in [9.17, 15) is 4.79 Å². The summed E-state index contributed by atoms with van der Waals surface area (Å²) in [6, 6.07) is 0. The number of aldehydes is 1. The standard InChI is InChI=1S/C36H72O2/c1-3-5-7-9-11-13-15-17-19-21-23-25-27-29-31-33-36(38-35-34-37)32-30-28-26-24-22-20-18-16-14-12-10-8-6-4-2/h34,36H,3-33,35H2,1-2H3. The van der Waals surface area contributed by atoms with Gasteiger partial charge in [-0.1, -0.05) is 200 Å². The first-order valence-electron chi connectivity index (χ1n) is 17.9. The summed E-state index contributed by atoms with van der Waals surface area (Å²) in [5.41, 5.74) is 0. The van der Waals surface area contributed by atoms with Crippen molar-refractivity contribution in [1.29, 1.82) is 0 Å². The van der Waals surface area contributed by atoms with Crippen molar-refractivity contribution in [3.8, 4) is 0 Å². The van der Waals surface area contributed by atoms with Crippen molar-refractivity contribution < 1.29 is 9.53 Å². The van der Waals surface area contributed by atoms with Crippen molar-refractivity contribution in [3.63, 3.8) is 0 Å². The quantitative estimate of drug-likeness (QED) is 0.0603. The molecule has 2 heteroatoms. The number of rotatable bonds is 34. The molecule has 0 saturated heterocycles. The number of unbranched alkanes of at least 4 members (excludes halogenated alkanes) is 27. The van der Waals surface area contributed by atoms with Gasteiger partial charge in [0.2, 0.25) is 0 Å². The van der Waals surface area contributed by atoms with Crippen LogP contribution in [0.25, 0.3) is 0 Å². The third-order valence-electron chi connectivity index (χ3n) is 8.41. The van der Waals surface area contributed by atoms with Crippen molar-refractivity contribution in [2.24, 2.45) is 0 Å². The molecule has 0 aliphatic rings. The molecule has 38 heavy (non-hydrogen) atoms. The van der Waals surface area contributed by atoms with Crippen LogP contribution in [0.15, 0.2) is 0 Å². The Labute approximate surface area is 241 Å². The van der Waals surface area contributed by atoms with E-state index in [2.05, 4.69) is 13.8 Å². The Balaban J connectivity index is 3.46. The molecule has 1 atom stereocenters. The van der Waals surface area contributed by atoms with Crippen molar-refractivity contribution >= 4 is 6.29 Å². The molecule has 0 heterocycles. The van der Waals surface area contributed by atoms with Gasteiger partial charge in [-0.3, -0.25) is 0 Å². The fraction of sp³-hybridized carbons (Fsp3) is 0.972. The van der Waals surface area contributed by atoms with Gasteiger partial charge >= 0.3 is 0 Å². The number of hydrogen-bond donors (Lipinski definition) is 0. The van der Waals surface area contributed by atoms with Crippen molar-refractivity contribution in [1.82, 2.24) is 0 Å². The highest BCUT2D eigenvalue weighted by atomic mass is 16.5. The van der Waals surface area contributed by atoms with Gasteiger partial charge < -0.3 is 9.53 Å². The SMILES string of the molecule is CCCCCCCCCCCCCCCCCC(CCCCCCCCCCCCCCCC)OCC=O. The third-order valence-corrected chi connectivity index (χ3v) is 8.41. The molecule has 2 nitrogen and oxygen atoms in total. The van der Waals surface area contributed by atoms with E-state index < -0.39 is 0 Å². The molecule has 0 rings (SSSR count). The zero-order chi connectivity index (χ0) is 27.6. The van der Waals surface area contributed by atoms with E-state index in [1.807, 2.05) is 0 Å². The average molecular weight is 537 g/mol. The fourth-order valence-corrected chi connectivity index (χ4v) is 5.80. The molecule has 0 radical (unpaired) electrons. The smallest absolute Gasteiger partial charge is 0.145 e. The molecule has 0 spiro atoms. The van der Waals surface area contributed by atoms with Crippen LogP contribution in [-0.2, 0) is 9.53 Å². The van der Waals surface area contributed by atoms with Gasteiger partial charge in [0.25, 0.3) is 0 Å². The van der Waals surface area contributed by atoms with Gasteiger partial charge in [-0.2, -0.15) is 0 Å². The number of carbonyl (C=O) groups excluding carboxylic acids is 1. The lowest BCUT2D eigenvalue weighted by molar-refractivity contribution is -0.114. The van der Waals surface area contributed by atoms with Gasteiger partial charge in [-0.05, 0) is 12.8 Å². The van der Waals surface area contributed by atoms with E-state index in [0.717, 1.165) is 19.1 Å². The van der Waals surface area contributed by atoms with Crippen LogP contribution in [0.4, 0.5) is 0 Å². The summed E-state index contributed by atoms with van der Waals surface area (Å²) in [5.74, 6) is 0. The normalized spacial score (nSPS) is 12.3. The second-order valence-electron chi connectivity index (χ2n) is 12.2. The predicted molar refractivity (Wildman–Crippen MR) is 170 cm³/mol. The van der Waals surface area contributed by atoms with E-state index in [0.29, 0.717) is 6.10 Å². The first kappa shape index (κ1) is 37.6. The molecule has 0 fully saturated rings. The van der Waals surface area contributed by atoms with Crippen LogP contribution in [0, 0.1) is 0 Å². The topological polar surface area (TPSA) is 26.3 Å². The van der Waals surface area contributed by atoms with Gasteiger partial charge in [0.05, 0.1) is 6.10 Å². The highest BCUT2D eigenvalue weighted by molar-refractivity contribution is 5.50. The molecule has 1 unspecified atom stereocenters. The summed E-state index contributed by atoms with van der Waals surface area (Å²) in [6.07, 6.45) is 44.3. The fourth-order valence-electron chi connectivity index (χ4n) is 5.80. The van der Waals surface area contributed by atoms with Gasteiger partial charge in [-0.15, -0.1) is 0 Å². The minimum atomic E-state index is 0.280. The van der Waals surface area contributed by atoms with E-state index >= 15 is 0 Å². The van der Waals surface area contributed by atoms with Crippen LogP contribution >= 0.6 is 0 Å². The number of carbonyl (C=O) groups is 1. The van der Waals surface area contributed by atoms with Gasteiger partial charge in [-0.25, -0.2) is 0 Å². The van der Waals surface area contributed by atoms with Crippen LogP contribution < -0.4 is 0 Å². The second kappa shape index (κ2) is 34.7. The van der Waals surface area contributed by atoms with Gasteiger partial charge in [0, 0.05) is 0 Å². The van der Waals surface area contributed by atoms with Crippen LogP contribution in [0.3, 0.4) is 0 Å². The molecular weight excluding hydrogens is 464 g/mol. The maximum Gasteiger partial charge on any atom is 0.145 e. The molecule has 0 aliphatic heterocycles. The highest BCUT2D eigenvalue weighted by Crippen LogP contribution is 2.18. The van der Waals surface area contributed by atoms with E-state index in [1.54, 1.807) is 0 Å². The van der Waals surface area contributed by atoms with Crippen LogP contribution in [0.1, 0.15) is 213 Å². The lowest BCUT2D eigenvalue weighted by atomic mass is 10.0. The first-order valence-corrected chi connectivity index (χ1v) is 17.9. The zero-order valence-electron chi connectivity index (χ0n) is 26.6. The summed E-state index contributed by atoms with van der Waals surface area (Å²) in [6.45, 7) is 4.87. The summed E-state index contributed by atoms with van der Waals surface area (Å²) in [7, 11) is 0. The predicted octanol–water partition coefficient (Wildman–Crippen LogP) is 12.7. The Morgan fingerprint density at radius 2 is 0.632 bits per heavy atom. The zero-order valence-corrected chi connectivity index (χ0v) is 26.6. The lowest BCUT2D eigenvalue weighted by Gasteiger charge is -2.16. The summed E-state index contributed by atoms with van der Waals surface area (Å²) >= 11 is 0. The summed E-state index contributed by atoms with van der Waals surface area (Å²) in [4.78, 5) is 10.8. The van der Waals surface area contributed by atoms with Gasteiger partial charge in [0.1, 0.15) is 12.9 Å². The second-order valence-corrected chi connectivity index (χ2v) is 12.2. The van der Waals surface area contributed by atoms with Crippen molar-refractivity contribution in [3.05, 3.63) is 0 Å². The molecule has 0 N–H and O–H groups in total. The Kier molecular flexibility index (Phi) is 34.3. The third kappa shape index (κ3) is 31.8. The first-order chi connectivity index (χ1) is 18.8. The van der Waals surface area contributed by atoms with Crippen LogP contribution in [0.2, 0.25) is 0 Å². The Morgan fingerprint density at radius 3 is 0.868 bits per heavy atom. The van der Waals surface area contributed by atoms with Crippen molar-refractivity contribution in [2.45, 2.75) is 219 Å². The van der Waals surface area contributed by atoms with E-state index in [1.165, 1.54) is 186 Å². The molecule has 0 amide bonds. The summed E-state index contributed by atoms with van der Waals surface area (Å²) < 4.78 is 5.86. The average Bonchev–Trinajstić information content (AvgIpc) is 2.93. The van der Waals surface area contributed by atoms with Crippen molar-refractivity contribution in [2.75, 3.05) is 6.61 Å².